The summed E-state index contributed by atoms with van der Waals surface area (Å²) in [4.78, 5) is 10.3. The molecule has 342 valence electrons. The van der Waals surface area contributed by atoms with Crippen LogP contribution in [0.4, 0.5) is 67.6 Å². The average Bonchev–Trinajstić information content (AvgIpc) is 4.15. The van der Waals surface area contributed by atoms with Gasteiger partial charge in [-0.15, -0.1) is 22.7 Å². The van der Waals surface area contributed by atoms with E-state index in [2.05, 4.69) is 262 Å². The minimum absolute atomic E-state index is 0.0382. The normalized spacial score (nSPS) is 13.8. The van der Waals surface area contributed by atoms with Crippen molar-refractivity contribution in [3.63, 3.8) is 0 Å². The van der Waals surface area contributed by atoms with Crippen LogP contribution < -0.4 is 51.7 Å². The Morgan fingerprint density at radius 2 is 0.757 bits per heavy atom. The summed E-state index contributed by atoms with van der Waals surface area (Å²) in [7, 11) is 0. The largest absolute Gasteiger partial charge is 0.311 e. The van der Waals surface area contributed by atoms with Crippen LogP contribution in [-0.4, -0.2) is 13.4 Å². The highest BCUT2D eigenvalue weighted by molar-refractivity contribution is 7.34. The minimum atomic E-state index is -0.0503. The summed E-state index contributed by atoms with van der Waals surface area (Å²) in [5, 5.41) is 8.82. The van der Waals surface area contributed by atoms with Crippen LogP contribution in [0.2, 0.25) is 0 Å². The standard InChI is InChI=1S/C66H40B2N4S2/c1-3-21-45(22-4-1)69-53-27-16-30-56-62(53)67(61-49-25-11-13-31-59(49)74-66(61)72(56)48-36-34-42-18-8-10-20-44(42)38-48)51-39-52-58(40-57(51)69)70(46-23-5-2-6-24-46)54-28-15-29-55-63(54)68(52)65-64(50-26-12-14-32-60(50)73-65)71(55)47-35-33-41-17-7-9-19-43(41)37-47/h1-40H. The first kappa shape index (κ1) is 40.7. The lowest BCUT2D eigenvalue weighted by Crippen LogP contribution is -2.64. The molecule has 0 N–H and O–H groups in total. The first-order valence-electron chi connectivity index (χ1n) is 25.5. The molecule has 0 amide bonds. The van der Waals surface area contributed by atoms with E-state index in [1.807, 2.05) is 22.7 Å². The molecule has 0 aliphatic carbocycles. The highest BCUT2D eigenvalue weighted by Gasteiger charge is 2.49. The third-order valence-corrected chi connectivity index (χ3v) is 18.5. The number of anilines is 12. The summed E-state index contributed by atoms with van der Waals surface area (Å²) < 4.78 is 3.97. The van der Waals surface area contributed by atoms with Gasteiger partial charge in [0.25, 0.3) is 13.4 Å². The molecule has 4 aliphatic heterocycles. The maximum atomic E-state index is 2.66. The van der Waals surface area contributed by atoms with Crippen LogP contribution in [0.5, 0.6) is 0 Å². The van der Waals surface area contributed by atoms with Gasteiger partial charge in [0.2, 0.25) is 0 Å². The number of fused-ring (bicyclic) bond motifs is 14. The van der Waals surface area contributed by atoms with Crippen LogP contribution in [-0.2, 0) is 0 Å². The Labute approximate surface area is 437 Å². The molecule has 74 heavy (non-hydrogen) atoms. The molecule has 0 spiro atoms. The maximum absolute atomic E-state index is 2.66. The minimum Gasteiger partial charge on any atom is -0.311 e. The third kappa shape index (κ3) is 5.58. The van der Waals surface area contributed by atoms with Crippen molar-refractivity contribution >= 4 is 177 Å². The molecule has 4 nitrogen and oxygen atoms in total. The molecule has 2 aromatic heterocycles. The number of para-hydroxylation sites is 2. The van der Waals surface area contributed by atoms with Gasteiger partial charge < -0.3 is 19.6 Å². The van der Waals surface area contributed by atoms with Crippen molar-refractivity contribution < 1.29 is 0 Å². The highest BCUT2D eigenvalue weighted by atomic mass is 32.1. The zero-order valence-corrected chi connectivity index (χ0v) is 41.5. The number of hydrogen-bond acceptors (Lipinski definition) is 6. The average molecular weight is 975 g/mol. The Bertz CT molecular complexity index is 4510. The Balaban J connectivity index is 0.985. The fraction of sp³-hybridized carbons (Fsp3) is 0. The number of nitrogens with zero attached hydrogens (tertiary/aromatic N) is 4. The number of benzene rings is 11. The summed E-state index contributed by atoms with van der Waals surface area (Å²) in [6.45, 7) is -0.0885. The van der Waals surface area contributed by atoms with Crippen LogP contribution in [0.25, 0.3) is 41.7 Å². The molecule has 4 aliphatic rings. The summed E-state index contributed by atoms with van der Waals surface area (Å²) in [6.07, 6.45) is 0. The Kier molecular flexibility index (Phi) is 8.46. The molecule has 0 saturated heterocycles. The van der Waals surface area contributed by atoms with E-state index in [4.69, 9.17) is 0 Å². The quantitative estimate of drug-likeness (QED) is 0.163. The van der Waals surface area contributed by atoms with Gasteiger partial charge in [0.15, 0.2) is 0 Å². The Hall–Kier alpha value is -8.81. The molecule has 0 bridgehead atoms. The molecule has 0 radical (unpaired) electrons. The number of rotatable bonds is 4. The van der Waals surface area contributed by atoms with Gasteiger partial charge in [0.05, 0.1) is 10.7 Å². The maximum Gasteiger partial charge on any atom is 0.264 e. The molecule has 0 fully saturated rings. The number of hydrogen-bond donors (Lipinski definition) is 0. The lowest BCUT2D eigenvalue weighted by molar-refractivity contribution is 1.24. The molecule has 8 heteroatoms. The van der Waals surface area contributed by atoms with Crippen molar-refractivity contribution in [2.24, 2.45) is 0 Å². The van der Waals surface area contributed by atoms with Gasteiger partial charge >= 0.3 is 0 Å². The van der Waals surface area contributed by atoms with E-state index >= 15 is 0 Å². The molecule has 13 aromatic rings. The van der Waals surface area contributed by atoms with Gasteiger partial charge in [0.1, 0.15) is 0 Å². The first-order chi connectivity index (χ1) is 36.7. The second-order valence-corrected chi connectivity index (χ2v) is 22.1. The Morgan fingerprint density at radius 3 is 1.38 bits per heavy atom. The van der Waals surface area contributed by atoms with E-state index in [1.54, 1.807) is 0 Å². The fourth-order valence-corrected chi connectivity index (χ4v) is 15.7. The highest BCUT2D eigenvalue weighted by Crippen LogP contribution is 2.52. The topological polar surface area (TPSA) is 13.0 Å². The molecular formula is C66H40B2N4S2. The van der Waals surface area contributed by atoms with Gasteiger partial charge in [-0.1, -0.05) is 152 Å². The molecular weight excluding hydrogens is 935 g/mol. The van der Waals surface area contributed by atoms with Crippen molar-refractivity contribution in [1.29, 1.82) is 0 Å². The van der Waals surface area contributed by atoms with E-state index in [-0.39, 0.29) is 13.4 Å². The van der Waals surface area contributed by atoms with E-state index in [9.17, 15) is 0 Å². The molecule has 0 unspecified atom stereocenters. The van der Waals surface area contributed by atoms with Gasteiger partial charge in [-0.2, -0.15) is 0 Å². The van der Waals surface area contributed by atoms with E-state index in [1.165, 1.54) is 130 Å². The number of thiophene rings is 2. The molecule has 17 rings (SSSR count). The predicted molar refractivity (Wildman–Crippen MR) is 320 cm³/mol. The van der Waals surface area contributed by atoms with Crippen molar-refractivity contribution in [2.45, 2.75) is 0 Å². The summed E-state index contributed by atoms with van der Waals surface area (Å²) in [5.41, 5.74) is 19.8. The molecule has 0 saturated carbocycles. The molecule has 11 aromatic carbocycles. The van der Waals surface area contributed by atoms with Crippen LogP contribution in [0, 0.1) is 0 Å². The second-order valence-electron chi connectivity index (χ2n) is 20.0. The Morgan fingerprint density at radius 1 is 0.284 bits per heavy atom. The SMILES string of the molecule is c1ccc(N2c3cc4c(cc3B3c5c2cccc5N(c2ccc5ccccc5c2)c2sc5ccccc5c23)B2c3sc5ccccc5c3N(c3ccc5ccccc5c3)c3cccc(c32)N4c2ccccc2)cc1. The summed E-state index contributed by atoms with van der Waals surface area (Å²) in [6, 6.07) is 91.0. The van der Waals surface area contributed by atoms with Crippen LogP contribution in [0.3, 0.4) is 0 Å². The lowest BCUT2D eigenvalue weighted by atomic mass is 9.31. The van der Waals surface area contributed by atoms with Crippen molar-refractivity contribution in [3.05, 3.63) is 243 Å². The van der Waals surface area contributed by atoms with Crippen LogP contribution in [0.15, 0.2) is 243 Å². The van der Waals surface area contributed by atoms with E-state index < -0.39 is 0 Å². The van der Waals surface area contributed by atoms with Gasteiger partial charge in [-0.3, -0.25) is 0 Å². The van der Waals surface area contributed by atoms with E-state index in [0.29, 0.717) is 0 Å². The monoisotopic (exact) mass is 974 g/mol. The smallest absolute Gasteiger partial charge is 0.264 e. The van der Waals surface area contributed by atoms with Crippen LogP contribution >= 0.6 is 22.7 Å². The molecule has 6 heterocycles. The summed E-state index contributed by atoms with van der Waals surface area (Å²) >= 11 is 3.88. The summed E-state index contributed by atoms with van der Waals surface area (Å²) in [5.74, 6) is 0. The van der Waals surface area contributed by atoms with Crippen molar-refractivity contribution in [1.82, 2.24) is 0 Å². The van der Waals surface area contributed by atoms with Crippen LogP contribution in [0.1, 0.15) is 0 Å². The predicted octanol–water partition coefficient (Wildman–Crippen LogP) is 14.6. The second kappa shape index (κ2) is 15.4. The third-order valence-electron chi connectivity index (χ3n) is 16.1. The van der Waals surface area contributed by atoms with Gasteiger partial charge in [-0.05, 0) is 145 Å². The van der Waals surface area contributed by atoms with Gasteiger partial charge in [0, 0.05) is 76.4 Å². The van der Waals surface area contributed by atoms with Gasteiger partial charge in [-0.25, -0.2) is 0 Å². The van der Waals surface area contributed by atoms with Crippen molar-refractivity contribution in [2.75, 3.05) is 19.6 Å². The first-order valence-corrected chi connectivity index (χ1v) is 27.1. The van der Waals surface area contributed by atoms with E-state index in [0.717, 1.165) is 11.4 Å². The lowest BCUT2D eigenvalue weighted by Gasteiger charge is -2.46. The molecule has 0 atom stereocenters. The van der Waals surface area contributed by atoms with Crippen molar-refractivity contribution in [3.8, 4) is 0 Å². The zero-order valence-electron chi connectivity index (χ0n) is 39.9. The zero-order chi connectivity index (χ0) is 48.2. The fourth-order valence-electron chi connectivity index (χ4n) is 13.1.